The van der Waals surface area contributed by atoms with Crippen LogP contribution in [-0.2, 0) is 0 Å². The average Bonchev–Trinajstić information content (AvgIpc) is 3.35. The maximum absolute atomic E-state index is 12.3. The van der Waals surface area contributed by atoms with Crippen LogP contribution in [0.5, 0.6) is 0 Å². The highest BCUT2D eigenvalue weighted by atomic mass is 32.1. The summed E-state index contributed by atoms with van der Waals surface area (Å²) in [5.41, 5.74) is 2.05. The number of rotatable bonds is 4. The molecule has 118 valence electrons. The highest BCUT2D eigenvalue weighted by Gasteiger charge is 2.12. The van der Waals surface area contributed by atoms with Crippen molar-refractivity contribution in [2.24, 2.45) is 0 Å². The molecule has 0 aliphatic heterocycles. The topological polar surface area (TPSA) is 72.7 Å². The van der Waals surface area contributed by atoms with Crippen LogP contribution in [0.4, 0.5) is 5.69 Å². The molecule has 1 amide bonds. The predicted molar refractivity (Wildman–Crippen MR) is 94.7 cm³/mol. The molecule has 0 bridgehead atoms. The second kappa shape index (κ2) is 6.34. The number of pyridine rings is 1. The van der Waals surface area contributed by atoms with Crippen molar-refractivity contribution in [1.29, 1.82) is 0 Å². The van der Waals surface area contributed by atoms with Crippen molar-refractivity contribution in [3.63, 3.8) is 0 Å². The van der Waals surface area contributed by atoms with E-state index in [2.05, 4.69) is 20.4 Å². The third kappa shape index (κ3) is 2.97. The van der Waals surface area contributed by atoms with Crippen molar-refractivity contribution in [3.8, 4) is 16.4 Å². The van der Waals surface area contributed by atoms with Gasteiger partial charge in [-0.15, -0.1) is 11.3 Å². The summed E-state index contributed by atoms with van der Waals surface area (Å²) in [4.78, 5) is 21.0. The number of thiophene rings is 1. The minimum absolute atomic E-state index is 0.249. The van der Waals surface area contributed by atoms with Crippen LogP contribution in [0.2, 0.25) is 0 Å². The van der Waals surface area contributed by atoms with Crippen LogP contribution in [0.25, 0.3) is 16.4 Å². The number of carbonyl (C=O) groups is 1. The first-order valence-corrected chi connectivity index (χ1v) is 8.87. The Balaban J connectivity index is 1.48. The standard InChI is InChI=1S/C16H11N5OS2/c22-15(13-10-24-16(20-13)11-4-7-23-9-11)19-12-2-3-14(17-8-12)21-6-1-5-18-21/h1-10H,(H,19,22). The van der Waals surface area contributed by atoms with Gasteiger partial charge in [-0.05, 0) is 29.6 Å². The molecular formula is C16H11N5OS2. The largest absolute Gasteiger partial charge is 0.319 e. The Morgan fingerprint density at radius 2 is 2.17 bits per heavy atom. The van der Waals surface area contributed by atoms with E-state index in [1.54, 1.807) is 45.9 Å². The zero-order valence-corrected chi connectivity index (χ0v) is 13.9. The third-order valence-corrected chi connectivity index (χ3v) is 4.82. The normalized spacial score (nSPS) is 10.7. The lowest BCUT2D eigenvalue weighted by atomic mass is 10.3. The Bertz CT molecular complexity index is 943. The molecule has 0 aliphatic rings. The van der Waals surface area contributed by atoms with E-state index in [0.717, 1.165) is 10.6 Å². The van der Waals surface area contributed by atoms with Gasteiger partial charge in [0.1, 0.15) is 10.7 Å². The van der Waals surface area contributed by atoms with Gasteiger partial charge in [-0.3, -0.25) is 4.79 Å². The number of anilines is 1. The van der Waals surface area contributed by atoms with Crippen molar-refractivity contribution in [2.75, 3.05) is 5.32 Å². The fraction of sp³-hybridized carbons (Fsp3) is 0. The second-order valence-electron chi connectivity index (χ2n) is 4.86. The fourth-order valence-corrected chi connectivity index (χ4v) is 3.60. The van der Waals surface area contributed by atoms with Crippen LogP contribution >= 0.6 is 22.7 Å². The Morgan fingerprint density at radius 3 is 2.88 bits per heavy atom. The second-order valence-corrected chi connectivity index (χ2v) is 6.50. The molecule has 0 aliphatic carbocycles. The van der Waals surface area contributed by atoms with Crippen LogP contribution < -0.4 is 5.32 Å². The van der Waals surface area contributed by atoms with Crippen LogP contribution in [0, 0.1) is 0 Å². The van der Waals surface area contributed by atoms with Crippen molar-refractivity contribution < 1.29 is 4.79 Å². The first kappa shape index (κ1) is 14.7. The van der Waals surface area contributed by atoms with Gasteiger partial charge in [0.15, 0.2) is 5.82 Å². The SMILES string of the molecule is O=C(Nc1ccc(-n2cccn2)nc1)c1csc(-c2ccsc2)n1. The summed E-state index contributed by atoms with van der Waals surface area (Å²) in [6, 6.07) is 7.39. The van der Waals surface area contributed by atoms with Crippen molar-refractivity contribution in [3.05, 3.63) is 64.7 Å². The number of carbonyl (C=O) groups excluding carboxylic acids is 1. The summed E-state index contributed by atoms with van der Waals surface area (Å²) in [5.74, 6) is 0.438. The van der Waals surface area contributed by atoms with Crippen LogP contribution in [0.15, 0.2) is 59.0 Å². The highest BCUT2D eigenvalue weighted by Crippen LogP contribution is 2.26. The molecule has 0 saturated carbocycles. The predicted octanol–water partition coefficient (Wildman–Crippen LogP) is 3.70. The zero-order chi connectivity index (χ0) is 16.4. The van der Waals surface area contributed by atoms with Crippen molar-refractivity contribution in [1.82, 2.24) is 19.7 Å². The minimum atomic E-state index is -0.249. The smallest absolute Gasteiger partial charge is 0.275 e. The summed E-state index contributed by atoms with van der Waals surface area (Å²) in [7, 11) is 0. The van der Waals surface area contributed by atoms with Crippen LogP contribution in [0.1, 0.15) is 10.5 Å². The number of hydrogen-bond donors (Lipinski definition) is 1. The van der Waals surface area contributed by atoms with Crippen molar-refractivity contribution >= 4 is 34.3 Å². The lowest BCUT2D eigenvalue weighted by Gasteiger charge is -2.04. The average molecular weight is 353 g/mol. The number of aromatic nitrogens is 4. The van der Waals surface area contributed by atoms with Gasteiger partial charge in [0.25, 0.3) is 5.91 Å². The van der Waals surface area contributed by atoms with Gasteiger partial charge in [0.05, 0.1) is 11.9 Å². The molecule has 0 atom stereocenters. The molecule has 0 fully saturated rings. The summed E-state index contributed by atoms with van der Waals surface area (Å²) in [6.45, 7) is 0. The highest BCUT2D eigenvalue weighted by molar-refractivity contribution is 7.14. The molecule has 4 heterocycles. The maximum atomic E-state index is 12.3. The van der Waals surface area contributed by atoms with Gasteiger partial charge in [-0.2, -0.15) is 16.4 Å². The number of amides is 1. The van der Waals surface area contributed by atoms with Gasteiger partial charge in [0.2, 0.25) is 0 Å². The number of nitrogens with zero attached hydrogens (tertiary/aromatic N) is 4. The fourth-order valence-electron chi connectivity index (χ4n) is 2.09. The Kier molecular flexibility index (Phi) is 3.89. The van der Waals surface area contributed by atoms with E-state index in [1.165, 1.54) is 11.3 Å². The molecular weight excluding hydrogens is 342 g/mol. The quantitative estimate of drug-likeness (QED) is 0.607. The zero-order valence-electron chi connectivity index (χ0n) is 12.3. The molecule has 8 heteroatoms. The Morgan fingerprint density at radius 1 is 1.21 bits per heavy atom. The van der Waals surface area contributed by atoms with E-state index in [1.807, 2.05) is 29.1 Å². The van der Waals surface area contributed by atoms with Gasteiger partial charge < -0.3 is 5.32 Å². The molecule has 1 N–H and O–H groups in total. The molecule has 0 aromatic carbocycles. The third-order valence-electron chi connectivity index (χ3n) is 3.25. The minimum Gasteiger partial charge on any atom is -0.319 e. The molecule has 24 heavy (non-hydrogen) atoms. The Hall–Kier alpha value is -2.84. The van der Waals surface area contributed by atoms with Gasteiger partial charge in [-0.1, -0.05) is 0 Å². The number of nitrogens with one attached hydrogen (secondary N) is 1. The van der Waals surface area contributed by atoms with E-state index < -0.39 is 0 Å². The van der Waals surface area contributed by atoms with Gasteiger partial charge >= 0.3 is 0 Å². The molecule has 6 nitrogen and oxygen atoms in total. The molecule has 0 radical (unpaired) electrons. The van der Waals surface area contributed by atoms with E-state index in [9.17, 15) is 4.79 Å². The molecule has 4 aromatic rings. The lowest BCUT2D eigenvalue weighted by molar-refractivity contribution is 0.102. The molecule has 4 aromatic heterocycles. The van der Waals surface area contributed by atoms with Gasteiger partial charge in [-0.25, -0.2) is 14.6 Å². The first-order valence-electron chi connectivity index (χ1n) is 7.05. The van der Waals surface area contributed by atoms with Crippen LogP contribution in [0.3, 0.4) is 0 Å². The maximum Gasteiger partial charge on any atom is 0.275 e. The van der Waals surface area contributed by atoms with E-state index in [4.69, 9.17) is 0 Å². The summed E-state index contributed by atoms with van der Waals surface area (Å²) >= 11 is 3.06. The van der Waals surface area contributed by atoms with Crippen molar-refractivity contribution in [2.45, 2.75) is 0 Å². The van der Waals surface area contributed by atoms with Gasteiger partial charge in [0, 0.05) is 28.7 Å². The summed E-state index contributed by atoms with van der Waals surface area (Å²) < 4.78 is 1.65. The summed E-state index contributed by atoms with van der Waals surface area (Å²) in [6.07, 6.45) is 5.09. The molecule has 4 rings (SSSR count). The Labute approximate surface area is 145 Å². The van der Waals surface area contributed by atoms with E-state index in [0.29, 0.717) is 17.2 Å². The number of hydrogen-bond acceptors (Lipinski definition) is 6. The summed E-state index contributed by atoms with van der Waals surface area (Å²) in [5, 5.41) is 13.5. The van der Waals surface area contributed by atoms with E-state index in [-0.39, 0.29) is 5.91 Å². The van der Waals surface area contributed by atoms with E-state index >= 15 is 0 Å². The molecule has 0 spiro atoms. The van der Waals surface area contributed by atoms with Crippen LogP contribution in [-0.4, -0.2) is 25.7 Å². The first-order chi connectivity index (χ1) is 11.8. The molecule has 0 saturated heterocycles. The lowest BCUT2D eigenvalue weighted by Crippen LogP contribution is -2.12. The monoisotopic (exact) mass is 353 g/mol. The molecule has 0 unspecified atom stereocenters. The number of thiazole rings is 1.